The summed E-state index contributed by atoms with van der Waals surface area (Å²) in [7, 11) is -1.69. The molecule has 2 aromatic rings. The van der Waals surface area contributed by atoms with Crippen LogP contribution in [0.2, 0.25) is 0 Å². The molecule has 0 saturated heterocycles. The molecule has 1 atom stereocenters. The van der Waals surface area contributed by atoms with E-state index in [1.54, 1.807) is 26.0 Å². The Morgan fingerprint density at radius 1 is 1.25 bits per heavy atom. The molecule has 7 nitrogen and oxygen atoms in total. The highest BCUT2D eigenvalue weighted by atomic mass is 35.5. The summed E-state index contributed by atoms with van der Waals surface area (Å²) < 4.78 is 32.3. The maximum absolute atomic E-state index is 12.2. The van der Waals surface area contributed by atoms with Crippen LogP contribution in [0, 0.1) is 0 Å². The lowest BCUT2D eigenvalue weighted by atomic mass is 10.2. The minimum Gasteiger partial charge on any atom is -0.334 e. The van der Waals surface area contributed by atoms with Gasteiger partial charge in [0.05, 0.1) is 4.90 Å². The molecule has 0 spiro atoms. The predicted octanol–water partition coefficient (Wildman–Crippen LogP) is 2.00. The van der Waals surface area contributed by atoms with E-state index in [1.165, 1.54) is 12.1 Å². The van der Waals surface area contributed by atoms with E-state index in [0.29, 0.717) is 23.7 Å². The summed E-state index contributed by atoms with van der Waals surface area (Å²) in [6.07, 6.45) is 0.632. The van der Waals surface area contributed by atoms with Crippen LogP contribution in [-0.4, -0.2) is 37.7 Å². The van der Waals surface area contributed by atoms with Crippen molar-refractivity contribution in [2.75, 3.05) is 7.05 Å². The van der Waals surface area contributed by atoms with E-state index >= 15 is 0 Å². The number of benzene rings is 1. The first kappa shape index (κ1) is 20.6. The summed E-state index contributed by atoms with van der Waals surface area (Å²) in [5, 5.41) is 7.03. The molecule has 2 rings (SSSR count). The van der Waals surface area contributed by atoms with Crippen LogP contribution in [0.4, 0.5) is 0 Å². The van der Waals surface area contributed by atoms with Crippen molar-refractivity contribution in [1.82, 2.24) is 20.2 Å². The highest BCUT2D eigenvalue weighted by Crippen LogP contribution is 2.21. The Bertz CT molecular complexity index is 762. The van der Waals surface area contributed by atoms with E-state index in [2.05, 4.69) is 20.2 Å². The fraction of sp³-hybridized carbons (Fsp3) is 0.467. The van der Waals surface area contributed by atoms with E-state index in [4.69, 9.17) is 4.52 Å². The summed E-state index contributed by atoms with van der Waals surface area (Å²) in [4.78, 5) is 4.49. The minimum atomic E-state index is -3.56. The predicted molar refractivity (Wildman–Crippen MR) is 94.7 cm³/mol. The standard InChI is InChI=1S/C15H22N4O3S.ClH/c1-10(2)19-23(20,21)13-7-5-6-12(9-13)15-17-14(18-22-15)8-11(3)16-4;/h5-7,9-11,16,19H,8H2,1-4H3;1H. The SMILES string of the molecule is CNC(C)Cc1noc(-c2cccc(S(=O)(=O)NC(C)C)c2)n1.Cl. The van der Waals surface area contributed by atoms with Gasteiger partial charge in [-0.25, -0.2) is 13.1 Å². The van der Waals surface area contributed by atoms with Crippen LogP contribution < -0.4 is 10.0 Å². The van der Waals surface area contributed by atoms with Crippen LogP contribution in [0.3, 0.4) is 0 Å². The number of halogens is 1. The molecular weight excluding hydrogens is 352 g/mol. The monoisotopic (exact) mass is 374 g/mol. The lowest BCUT2D eigenvalue weighted by Crippen LogP contribution is -2.30. The Balaban J connectivity index is 0.00000288. The molecule has 0 bridgehead atoms. The highest BCUT2D eigenvalue weighted by Gasteiger charge is 2.18. The van der Waals surface area contributed by atoms with Gasteiger partial charge in [-0.05, 0) is 46.0 Å². The lowest BCUT2D eigenvalue weighted by molar-refractivity contribution is 0.418. The Labute approximate surface area is 148 Å². The topological polar surface area (TPSA) is 97.1 Å². The number of nitrogens with zero attached hydrogens (tertiary/aromatic N) is 2. The number of rotatable bonds is 7. The van der Waals surface area contributed by atoms with Crippen LogP contribution in [0.15, 0.2) is 33.7 Å². The van der Waals surface area contributed by atoms with E-state index < -0.39 is 10.0 Å². The second kappa shape index (κ2) is 8.57. The molecule has 9 heteroatoms. The first-order valence-corrected chi connectivity index (χ1v) is 8.92. The van der Waals surface area contributed by atoms with Gasteiger partial charge in [0.1, 0.15) is 0 Å². The van der Waals surface area contributed by atoms with E-state index in [0.717, 1.165) is 0 Å². The van der Waals surface area contributed by atoms with Crippen molar-refractivity contribution in [3.05, 3.63) is 30.1 Å². The average molecular weight is 375 g/mol. The molecule has 0 radical (unpaired) electrons. The highest BCUT2D eigenvalue weighted by molar-refractivity contribution is 7.89. The number of hydrogen-bond donors (Lipinski definition) is 2. The fourth-order valence-electron chi connectivity index (χ4n) is 2.00. The third kappa shape index (κ3) is 5.27. The van der Waals surface area contributed by atoms with Gasteiger partial charge in [-0.1, -0.05) is 11.2 Å². The van der Waals surface area contributed by atoms with Gasteiger partial charge in [0, 0.05) is 24.1 Å². The first-order valence-electron chi connectivity index (χ1n) is 7.44. The quantitative estimate of drug-likeness (QED) is 0.769. The van der Waals surface area contributed by atoms with Crippen LogP contribution in [0.5, 0.6) is 0 Å². The van der Waals surface area contributed by atoms with Crippen molar-refractivity contribution in [2.45, 2.75) is 44.2 Å². The number of nitrogens with one attached hydrogen (secondary N) is 2. The van der Waals surface area contributed by atoms with Gasteiger partial charge < -0.3 is 9.84 Å². The average Bonchev–Trinajstić information content (AvgIpc) is 2.94. The van der Waals surface area contributed by atoms with Gasteiger partial charge in [0.2, 0.25) is 10.0 Å². The van der Waals surface area contributed by atoms with Crippen LogP contribution in [0.1, 0.15) is 26.6 Å². The fourth-order valence-corrected chi connectivity index (χ4v) is 3.30. The maximum atomic E-state index is 12.2. The van der Waals surface area contributed by atoms with Gasteiger partial charge in [-0.2, -0.15) is 4.98 Å². The molecule has 2 N–H and O–H groups in total. The first-order chi connectivity index (χ1) is 10.8. The molecule has 24 heavy (non-hydrogen) atoms. The van der Waals surface area contributed by atoms with Gasteiger partial charge in [-0.15, -0.1) is 12.4 Å². The molecule has 1 heterocycles. The molecule has 0 fully saturated rings. The van der Waals surface area contributed by atoms with E-state index in [1.807, 2.05) is 14.0 Å². The molecule has 0 saturated carbocycles. The van der Waals surface area contributed by atoms with Gasteiger partial charge in [0.15, 0.2) is 5.82 Å². The summed E-state index contributed by atoms with van der Waals surface area (Å²) in [5.74, 6) is 0.889. The van der Waals surface area contributed by atoms with Crippen LogP contribution in [0.25, 0.3) is 11.5 Å². The van der Waals surface area contributed by atoms with Crippen molar-refractivity contribution in [3.8, 4) is 11.5 Å². The number of aromatic nitrogens is 2. The van der Waals surface area contributed by atoms with Crippen molar-refractivity contribution < 1.29 is 12.9 Å². The Morgan fingerprint density at radius 3 is 2.58 bits per heavy atom. The number of hydrogen-bond acceptors (Lipinski definition) is 6. The minimum absolute atomic E-state index is 0. The molecule has 0 amide bonds. The Morgan fingerprint density at radius 2 is 1.96 bits per heavy atom. The summed E-state index contributed by atoms with van der Waals surface area (Å²) in [5.41, 5.74) is 0.576. The van der Waals surface area contributed by atoms with Crippen molar-refractivity contribution in [1.29, 1.82) is 0 Å². The zero-order valence-electron chi connectivity index (χ0n) is 14.1. The molecular formula is C15H23ClN4O3S. The molecule has 1 aromatic heterocycles. The van der Waals surface area contributed by atoms with Crippen molar-refractivity contribution in [3.63, 3.8) is 0 Å². The van der Waals surface area contributed by atoms with Crippen LogP contribution >= 0.6 is 12.4 Å². The van der Waals surface area contributed by atoms with E-state index in [-0.39, 0.29) is 29.4 Å². The van der Waals surface area contributed by atoms with Crippen molar-refractivity contribution >= 4 is 22.4 Å². The van der Waals surface area contributed by atoms with Crippen LogP contribution in [-0.2, 0) is 16.4 Å². The van der Waals surface area contributed by atoms with Gasteiger partial charge >= 0.3 is 0 Å². The zero-order valence-corrected chi connectivity index (χ0v) is 15.7. The molecule has 0 aliphatic heterocycles. The maximum Gasteiger partial charge on any atom is 0.257 e. The second-order valence-corrected chi connectivity index (χ2v) is 7.43. The van der Waals surface area contributed by atoms with Gasteiger partial charge in [-0.3, -0.25) is 0 Å². The Hall–Kier alpha value is -1.48. The zero-order chi connectivity index (χ0) is 17.0. The second-order valence-electron chi connectivity index (χ2n) is 5.71. The normalized spacial score (nSPS) is 12.9. The molecule has 0 aliphatic rings. The summed E-state index contributed by atoms with van der Waals surface area (Å²) in [6, 6.07) is 6.51. The third-order valence-electron chi connectivity index (χ3n) is 3.23. The molecule has 1 unspecified atom stereocenters. The lowest BCUT2D eigenvalue weighted by Gasteiger charge is -2.09. The summed E-state index contributed by atoms with van der Waals surface area (Å²) >= 11 is 0. The molecule has 134 valence electrons. The Kier molecular flexibility index (Phi) is 7.34. The molecule has 0 aliphatic carbocycles. The third-order valence-corrected chi connectivity index (χ3v) is 4.89. The summed E-state index contributed by atoms with van der Waals surface area (Å²) in [6.45, 7) is 5.56. The van der Waals surface area contributed by atoms with Gasteiger partial charge in [0.25, 0.3) is 5.89 Å². The van der Waals surface area contributed by atoms with Crippen molar-refractivity contribution in [2.24, 2.45) is 0 Å². The number of likely N-dealkylation sites (N-methyl/N-ethyl adjacent to an activating group) is 1. The largest absolute Gasteiger partial charge is 0.334 e. The number of sulfonamides is 1. The molecule has 1 aromatic carbocycles. The smallest absolute Gasteiger partial charge is 0.257 e. The van der Waals surface area contributed by atoms with E-state index in [9.17, 15) is 8.42 Å².